The lowest BCUT2D eigenvalue weighted by atomic mass is 9.92. The Kier molecular flexibility index (Phi) is 9.54. The van der Waals surface area contributed by atoms with Crippen molar-refractivity contribution in [1.29, 1.82) is 0 Å². The van der Waals surface area contributed by atoms with Crippen molar-refractivity contribution in [3.05, 3.63) is 136 Å². The number of sulfonamides is 1. The van der Waals surface area contributed by atoms with Gasteiger partial charge in [0.15, 0.2) is 0 Å². The summed E-state index contributed by atoms with van der Waals surface area (Å²) in [5.74, 6) is -2.20. The number of halogens is 1. The van der Waals surface area contributed by atoms with Crippen LogP contribution in [0, 0.1) is 12.8 Å². The van der Waals surface area contributed by atoms with Crippen molar-refractivity contribution in [2.45, 2.75) is 31.0 Å². The standard InChI is InChI=1S/C31H31ClN2O4S/c1-23-12-18-28(19-13-23)39(37,38)34(21-25-10-6-3-7-11-25)22-29(31(35)36)30(26-14-16-27(32)17-15-26)33-20-24-8-4-2-5-9-24/h2-19,29-30,33H,20-22H2,1H3,(H,35,36). The van der Waals surface area contributed by atoms with Gasteiger partial charge in [-0.25, -0.2) is 8.42 Å². The molecule has 39 heavy (non-hydrogen) atoms. The van der Waals surface area contributed by atoms with Crippen LogP contribution in [0.15, 0.2) is 114 Å². The number of rotatable bonds is 12. The molecule has 2 unspecified atom stereocenters. The SMILES string of the molecule is Cc1ccc(S(=O)(=O)N(Cc2ccccc2)CC(C(=O)O)C(NCc2ccccc2)c2ccc(Cl)cc2)cc1. The number of carbonyl (C=O) groups is 1. The number of hydrogen-bond donors (Lipinski definition) is 2. The Morgan fingerprint density at radius 1 is 0.846 bits per heavy atom. The number of nitrogens with one attached hydrogen (secondary N) is 1. The van der Waals surface area contributed by atoms with Crippen LogP contribution in [-0.4, -0.2) is 30.3 Å². The average molecular weight is 563 g/mol. The van der Waals surface area contributed by atoms with Gasteiger partial charge in [-0.3, -0.25) is 4.79 Å². The number of hydrogen-bond acceptors (Lipinski definition) is 4. The number of carboxylic acid groups (broad SMARTS) is 1. The zero-order valence-electron chi connectivity index (χ0n) is 21.6. The van der Waals surface area contributed by atoms with E-state index >= 15 is 0 Å². The minimum Gasteiger partial charge on any atom is -0.481 e. The number of carboxylic acids is 1. The van der Waals surface area contributed by atoms with Crippen LogP contribution in [0.5, 0.6) is 0 Å². The maximum atomic E-state index is 13.9. The Bertz CT molecular complexity index is 1460. The topological polar surface area (TPSA) is 86.7 Å². The van der Waals surface area contributed by atoms with Crippen molar-refractivity contribution in [1.82, 2.24) is 9.62 Å². The summed E-state index contributed by atoms with van der Waals surface area (Å²) in [5.41, 5.74) is 3.38. The van der Waals surface area contributed by atoms with Gasteiger partial charge in [0.1, 0.15) is 0 Å². The Morgan fingerprint density at radius 3 is 1.97 bits per heavy atom. The maximum absolute atomic E-state index is 13.9. The molecule has 2 N–H and O–H groups in total. The zero-order chi connectivity index (χ0) is 27.8. The van der Waals surface area contributed by atoms with E-state index in [1.807, 2.05) is 67.6 Å². The van der Waals surface area contributed by atoms with E-state index in [0.717, 1.165) is 16.7 Å². The van der Waals surface area contributed by atoms with Gasteiger partial charge in [-0.05, 0) is 47.9 Å². The van der Waals surface area contributed by atoms with Crippen LogP contribution in [0.2, 0.25) is 5.02 Å². The normalized spacial score (nSPS) is 13.2. The molecule has 0 aliphatic heterocycles. The van der Waals surface area contributed by atoms with Crippen LogP contribution in [0.25, 0.3) is 0 Å². The smallest absolute Gasteiger partial charge is 0.309 e. The van der Waals surface area contributed by atoms with E-state index in [4.69, 9.17) is 11.6 Å². The average Bonchev–Trinajstić information content (AvgIpc) is 2.94. The molecule has 0 amide bonds. The molecule has 0 fully saturated rings. The van der Waals surface area contributed by atoms with Gasteiger partial charge in [-0.1, -0.05) is 102 Å². The Hall–Kier alpha value is -3.49. The highest BCUT2D eigenvalue weighted by Gasteiger charge is 2.35. The summed E-state index contributed by atoms with van der Waals surface area (Å²) in [5, 5.41) is 14.4. The van der Waals surface area contributed by atoms with Crippen LogP contribution in [0.3, 0.4) is 0 Å². The molecule has 2 atom stereocenters. The Labute approximate surface area is 234 Å². The van der Waals surface area contributed by atoms with E-state index in [1.54, 1.807) is 48.5 Å². The lowest BCUT2D eigenvalue weighted by Gasteiger charge is -2.31. The molecular formula is C31H31ClN2O4S. The van der Waals surface area contributed by atoms with Crippen molar-refractivity contribution < 1.29 is 18.3 Å². The second kappa shape index (κ2) is 13.0. The van der Waals surface area contributed by atoms with E-state index in [2.05, 4.69) is 5.32 Å². The highest BCUT2D eigenvalue weighted by molar-refractivity contribution is 7.89. The Morgan fingerprint density at radius 2 is 1.41 bits per heavy atom. The number of aliphatic carboxylic acids is 1. The molecule has 6 nitrogen and oxygen atoms in total. The highest BCUT2D eigenvalue weighted by Crippen LogP contribution is 2.29. The fourth-order valence-electron chi connectivity index (χ4n) is 4.43. The summed E-state index contributed by atoms with van der Waals surface area (Å²) < 4.78 is 29.0. The fourth-order valence-corrected chi connectivity index (χ4v) is 6.01. The minimum atomic E-state index is -4.01. The second-order valence-corrected chi connectivity index (χ2v) is 11.8. The fraction of sp³-hybridized carbons (Fsp3) is 0.194. The lowest BCUT2D eigenvalue weighted by molar-refractivity contribution is -0.143. The minimum absolute atomic E-state index is 0.0346. The highest BCUT2D eigenvalue weighted by atomic mass is 35.5. The van der Waals surface area contributed by atoms with E-state index in [0.29, 0.717) is 17.1 Å². The van der Waals surface area contributed by atoms with Crippen LogP contribution in [0.1, 0.15) is 28.3 Å². The molecule has 202 valence electrons. The largest absolute Gasteiger partial charge is 0.481 e. The first kappa shape index (κ1) is 28.5. The van der Waals surface area contributed by atoms with Gasteiger partial charge in [0.25, 0.3) is 0 Å². The third-order valence-electron chi connectivity index (χ3n) is 6.58. The summed E-state index contributed by atoms with van der Waals surface area (Å²) >= 11 is 6.12. The van der Waals surface area contributed by atoms with Gasteiger partial charge >= 0.3 is 5.97 Å². The summed E-state index contributed by atoms with van der Waals surface area (Å²) in [6, 6.07) is 31.7. The van der Waals surface area contributed by atoms with Crippen LogP contribution < -0.4 is 5.32 Å². The first-order valence-corrected chi connectivity index (χ1v) is 14.4. The number of aryl methyl sites for hydroxylation is 1. The van der Waals surface area contributed by atoms with E-state index < -0.39 is 28.0 Å². The molecule has 8 heteroatoms. The van der Waals surface area contributed by atoms with Crippen LogP contribution >= 0.6 is 11.6 Å². The second-order valence-electron chi connectivity index (χ2n) is 9.44. The summed E-state index contributed by atoms with van der Waals surface area (Å²) in [7, 11) is -4.01. The van der Waals surface area contributed by atoms with Gasteiger partial charge in [0.05, 0.1) is 10.8 Å². The third-order valence-corrected chi connectivity index (χ3v) is 8.66. The lowest BCUT2D eigenvalue weighted by Crippen LogP contribution is -2.43. The van der Waals surface area contributed by atoms with E-state index in [1.165, 1.54) is 4.31 Å². The van der Waals surface area contributed by atoms with Crippen molar-refractivity contribution in [2.24, 2.45) is 5.92 Å². The molecule has 0 aromatic heterocycles. The molecule has 0 radical (unpaired) electrons. The molecule has 4 aromatic rings. The van der Waals surface area contributed by atoms with Crippen LogP contribution in [-0.2, 0) is 27.9 Å². The molecule has 0 heterocycles. The molecule has 0 spiro atoms. The van der Waals surface area contributed by atoms with Crippen molar-refractivity contribution in [3.8, 4) is 0 Å². The summed E-state index contributed by atoms with van der Waals surface area (Å²) in [6.07, 6.45) is 0. The predicted octanol–water partition coefficient (Wildman–Crippen LogP) is 6.07. The molecule has 4 aromatic carbocycles. The van der Waals surface area contributed by atoms with E-state index in [-0.39, 0.29) is 18.0 Å². The number of nitrogens with zero attached hydrogens (tertiary/aromatic N) is 1. The van der Waals surface area contributed by atoms with Crippen molar-refractivity contribution >= 4 is 27.6 Å². The van der Waals surface area contributed by atoms with Gasteiger partial charge in [-0.15, -0.1) is 0 Å². The maximum Gasteiger partial charge on any atom is 0.309 e. The molecular weight excluding hydrogens is 532 g/mol. The van der Waals surface area contributed by atoms with Gasteiger partial charge in [0, 0.05) is 30.7 Å². The molecule has 0 aliphatic rings. The summed E-state index contributed by atoms with van der Waals surface area (Å²) in [4.78, 5) is 12.9. The van der Waals surface area contributed by atoms with Crippen LogP contribution in [0.4, 0.5) is 0 Å². The number of benzene rings is 4. The molecule has 4 rings (SSSR count). The quantitative estimate of drug-likeness (QED) is 0.219. The Balaban J connectivity index is 1.72. The van der Waals surface area contributed by atoms with Gasteiger partial charge in [0.2, 0.25) is 10.0 Å². The molecule has 0 aliphatic carbocycles. The molecule has 0 bridgehead atoms. The van der Waals surface area contributed by atoms with Gasteiger partial charge in [-0.2, -0.15) is 4.31 Å². The summed E-state index contributed by atoms with van der Waals surface area (Å²) in [6.45, 7) is 2.08. The van der Waals surface area contributed by atoms with Crippen molar-refractivity contribution in [3.63, 3.8) is 0 Å². The predicted molar refractivity (Wildman–Crippen MR) is 154 cm³/mol. The molecule has 0 saturated carbocycles. The first-order valence-electron chi connectivity index (χ1n) is 12.6. The van der Waals surface area contributed by atoms with Gasteiger partial charge < -0.3 is 10.4 Å². The molecule has 0 saturated heterocycles. The van der Waals surface area contributed by atoms with Crippen molar-refractivity contribution in [2.75, 3.05) is 6.54 Å². The first-order chi connectivity index (χ1) is 18.7. The zero-order valence-corrected chi connectivity index (χ0v) is 23.1. The van der Waals surface area contributed by atoms with E-state index in [9.17, 15) is 18.3 Å². The third kappa shape index (κ3) is 7.55. The monoisotopic (exact) mass is 562 g/mol.